The lowest BCUT2D eigenvalue weighted by Crippen LogP contribution is -2.41. The lowest BCUT2D eigenvalue weighted by atomic mass is 9.87. The Kier molecular flexibility index (Phi) is 3.07. The predicted octanol–water partition coefficient (Wildman–Crippen LogP) is 3.38. The van der Waals surface area contributed by atoms with E-state index in [2.05, 4.69) is 4.98 Å². The van der Waals surface area contributed by atoms with Crippen LogP contribution in [0, 0.1) is 0 Å². The Bertz CT molecular complexity index is 615. The van der Waals surface area contributed by atoms with Gasteiger partial charge in [0, 0.05) is 23.8 Å². The quantitative estimate of drug-likeness (QED) is 0.772. The Labute approximate surface area is 112 Å². The number of aromatic nitrogens is 1. The predicted molar refractivity (Wildman–Crippen MR) is 74.3 cm³/mol. The van der Waals surface area contributed by atoms with Gasteiger partial charge in [0.15, 0.2) is 5.78 Å². The summed E-state index contributed by atoms with van der Waals surface area (Å²) in [6.07, 6.45) is 4.66. The molecule has 1 aromatic carbocycles. The third-order valence-electron chi connectivity index (χ3n) is 3.81. The molecule has 2 heterocycles. The largest absolute Gasteiger partial charge is 0.367 e. The van der Waals surface area contributed by atoms with E-state index in [4.69, 9.17) is 4.74 Å². The van der Waals surface area contributed by atoms with E-state index < -0.39 is 5.60 Å². The van der Waals surface area contributed by atoms with Crippen molar-refractivity contribution >= 4 is 16.7 Å². The van der Waals surface area contributed by atoms with Gasteiger partial charge in [-0.25, -0.2) is 0 Å². The molecule has 3 heteroatoms. The second-order valence-corrected chi connectivity index (χ2v) is 5.28. The molecule has 98 valence electrons. The summed E-state index contributed by atoms with van der Waals surface area (Å²) in [4.78, 5) is 16.9. The first-order chi connectivity index (χ1) is 9.19. The van der Waals surface area contributed by atoms with Crippen LogP contribution in [0.15, 0.2) is 36.5 Å². The summed E-state index contributed by atoms with van der Waals surface area (Å²) >= 11 is 0. The molecule has 1 saturated heterocycles. The molecule has 19 heavy (non-hydrogen) atoms. The maximum Gasteiger partial charge on any atom is 0.194 e. The van der Waals surface area contributed by atoms with Crippen molar-refractivity contribution in [2.75, 3.05) is 6.61 Å². The van der Waals surface area contributed by atoms with Gasteiger partial charge in [0.25, 0.3) is 0 Å². The van der Waals surface area contributed by atoms with E-state index in [0.29, 0.717) is 12.2 Å². The normalized spacial score (nSPS) is 23.4. The lowest BCUT2D eigenvalue weighted by Gasteiger charge is -2.32. The number of fused-ring (bicyclic) bond motifs is 1. The van der Waals surface area contributed by atoms with Crippen LogP contribution in [-0.2, 0) is 4.74 Å². The molecule has 1 aliphatic rings. The van der Waals surface area contributed by atoms with E-state index in [9.17, 15) is 4.79 Å². The minimum atomic E-state index is -0.659. The summed E-state index contributed by atoms with van der Waals surface area (Å²) in [6.45, 7) is 2.58. The number of carbonyl (C=O) groups excluding carboxylic acids is 1. The molecule has 0 aliphatic carbocycles. The van der Waals surface area contributed by atoms with Gasteiger partial charge < -0.3 is 4.74 Å². The first-order valence-corrected chi connectivity index (χ1v) is 6.73. The van der Waals surface area contributed by atoms with Gasteiger partial charge >= 0.3 is 0 Å². The highest BCUT2D eigenvalue weighted by Gasteiger charge is 2.36. The van der Waals surface area contributed by atoms with Crippen LogP contribution in [0.5, 0.6) is 0 Å². The average Bonchev–Trinajstić information content (AvgIpc) is 2.47. The fourth-order valence-electron chi connectivity index (χ4n) is 2.64. The van der Waals surface area contributed by atoms with Crippen molar-refractivity contribution in [3.8, 4) is 0 Å². The number of ether oxygens (including phenoxy) is 1. The SMILES string of the molecule is CC1(C(=O)c2ccc3ncccc3c2)CCCCO1. The molecule has 0 N–H and O–H groups in total. The molecule has 0 saturated carbocycles. The van der Waals surface area contributed by atoms with Gasteiger partial charge in [-0.1, -0.05) is 6.07 Å². The van der Waals surface area contributed by atoms with Crippen molar-refractivity contribution in [3.63, 3.8) is 0 Å². The number of hydrogen-bond acceptors (Lipinski definition) is 3. The van der Waals surface area contributed by atoms with Crippen LogP contribution in [-0.4, -0.2) is 23.0 Å². The molecule has 0 radical (unpaired) electrons. The average molecular weight is 255 g/mol. The third kappa shape index (κ3) is 2.26. The molecule has 1 unspecified atom stereocenters. The molecular formula is C16H17NO2. The van der Waals surface area contributed by atoms with Gasteiger partial charge in [0.2, 0.25) is 0 Å². The van der Waals surface area contributed by atoms with Gasteiger partial charge in [-0.05, 0) is 50.5 Å². The van der Waals surface area contributed by atoms with Crippen LogP contribution in [0.2, 0.25) is 0 Å². The van der Waals surface area contributed by atoms with Gasteiger partial charge in [0.05, 0.1) is 5.52 Å². The fraction of sp³-hybridized carbons (Fsp3) is 0.375. The molecule has 3 rings (SSSR count). The number of nitrogens with zero attached hydrogens (tertiary/aromatic N) is 1. The van der Waals surface area contributed by atoms with Gasteiger partial charge in [-0.15, -0.1) is 0 Å². The number of hydrogen-bond donors (Lipinski definition) is 0. The zero-order chi connectivity index (χ0) is 13.3. The van der Waals surface area contributed by atoms with Gasteiger partial charge in [0.1, 0.15) is 5.60 Å². The van der Waals surface area contributed by atoms with E-state index in [1.165, 1.54) is 0 Å². The van der Waals surface area contributed by atoms with Crippen LogP contribution >= 0.6 is 0 Å². The smallest absolute Gasteiger partial charge is 0.194 e. The number of benzene rings is 1. The Morgan fingerprint density at radius 1 is 1.32 bits per heavy atom. The highest BCUT2D eigenvalue weighted by atomic mass is 16.5. The molecule has 0 spiro atoms. The van der Waals surface area contributed by atoms with E-state index in [-0.39, 0.29) is 5.78 Å². The minimum Gasteiger partial charge on any atom is -0.367 e. The maximum absolute atomic E-state index is 12.6. The molecule has 1 fully saturated rings. The van der Waals surface area contributed by atoms with E-state index >= 15 is 0 Å². The van der Waals surface area contributed by atoms with Crippen molar-refractivity contribution in [3.05, 3.63) is 42.1 Å². The molecule has 2 aromatic rings. The first-order valence-electron chi connectivity index (χ1n) is 6.73. The molecule has 0 amide bonds. The van der Waals surface area contributed by atoms with Crippen LogP contribution in [0.1, 0.15) is 36.5 Å². The Morgan fingerprint density at radius 3 is 3.00 bits per heavy atom. The van der Waals surface area contributed by atoms with Crippen LogP contribution in [0.25, 0.3) is 10.9 Å². The number of ketones is 1. The monoisotopic (exact) mass is 255 g/mol. The number of rotatable bonds is 2. The van der Waals surface area contributed by atoms with Crippen molar-refractivity contribution in [2.24, 2.45) is 0 Å². The van der Waals surface area contributed by atoms with E-state index in [0.717, 1.165) is 30.2 Å². The zero-order valence-electron chi connectivity index (χ0n) is 11.1. The number of pyridine rings is 1. The first kappa shape index (κ1) is 12.3. The van der Waals surface area contributed by atoms with E-state index in [1.54, 1.807) is 6.20 Å². The molecule has 1 aliphatic heterocycles. The summed E-state index contributed by atoms with van der Waals surface area (Å²) in [5.41, 5.74) is 0.965. The van der Waals surface area contributed by atoms with Crippen molar-refractivity contribution in [1.29, 1.82) is 0 Å². The van der Waals surface area contributed by atoms with Crippen molar-refractivity contribution in [1.82, 2.24) is 4.98 Å². The molecule has 1 atom stereocenters. The van der Waals surface area contributed by atoms with Gasteiger partial charge in [-0.3, -0.25) is 9.78 Å². The molecular weight excluding hydrogens is 238 g/mol. The summed E-state index contributed by atoms with van der Waals surface area (Å²) in [6, 6.07) is 9.52. The number of Topliss-reactive ketones (excluding diaryl/α,β-unsaturated/α-hetero) is 1. The second kappa shape index (κ2) is 4.74. The van der Waals surface area contributed by atoms with E-state index in [1.807, 2.05) is 37.3 Å². The van der Waals surface area contributed by atoms with Gasteiger partial charge in [-0.2, -0.15) is 0 Å². The summed E-state index contributed by atoms with van der Waals surface area (Å²) in [5, 5.41) is 0.993. The summed E-state index contributed by atoms with van der Waals surface area (Å²) in [7, 11) is 0. The maximum atomic E-state index is 12.6. The Morgan fingerprint density at radius 2 is 2.21 bits per heavy atom. The summed E-state index contributed by atoms with van der Waals surface area (Å²) in [5.74, 6) is 0.0814. The van der Waals surface area contributed by atoms with Crippen molar-refractivity contribution in [2.45, 2.75) is 31.8 Å². The van der Waals surface area contributed by atoms with Crippen molar-refractivity contribution < 1.29 is 9.53 Å². The highest BCUT2D eigenvalue weighted by molar-refractivity contribution is 6.04. The highest BCUT2D eigenvalue weighted by Crippen LogP contribution is 2.29. The topological polar surface area (TPSA) is 39.2 Å². The van der Waals surface area contributed by atoms with Crippen LogP contribution in [0.3, 0.4) is 0 Å². The standard InChI is InChI=1S/C16H17NO2/c1-16(8-2-3-10-19-16)15(18)13-6-7-14-12(11-13)5-4-9-17-14/h4-7,9,11H,2-3,8,10H2,1H3. The summed E-state index contributed by atoms with van der Waals surface area (Å²) < 4.78 is 5.73. The third-order valence-corrected chi connectivity index (χ3v) is 3.81. The molecule has 3 nitrogen and oxygen atoms in total. The lowest BCUT2D eigenvalue weighted by molar-refractivity contribution is -0.0426. The van der Waals surface area contributed by atoms with Crippen LogP contribution in [0.4, 0.5) is 0 Å². The minimum absolute atomic E-state index is 0.0814. The number of carbonyl (C=O) groups is 1. The second-order valence-electron chi connectivity index (χ2n) is 5.28. The van der Waals surface area contributed by atoms with Crippen LogP contribution < -0.4 is 0 Å². The Balaban J connectivity index is 1.97. The zero-order valence-corrected chi connectivity index (χ0v) is 11.1. The molecule has 1 aromatic heterocycles. The molecule has 0 bridgehead atoms. The Hall–Kier alpha value is -1.74. The fourth-order valence-corrected chi connectivity index (χ4v) is 2.64.